The molecule has 0 fully saturated rings. The van der Waals surface area contributed by atoms with Crippen LogP contribution in [0.5, 0.6) is 5.75 Å². The van der Waals surface area contributed by atoms with Crippen molar-refractivity contribution in [3.8, 4) is 5.75 Å². The third-order valence-electron chi connectivity index (χ3n) is 2.47. The summed E-state index contributed by atoms with van der Waals surface area (Å²) in [7, 11) is 0. The summed E-state index contributed by atoms with van der Waals surface area (Å²) in [6.45, 7) is 2.05. The molecule has 0 aliphatic rings. The number of hydrogen-bond donors (Lipinski definition) is 2. The monoisotopic (exact) mass is 306 g/mol. The summed E-state index contributed by atoms with van der Waals surface area (Å²) in [5.74, 6) is -1.69. The predicted octanol–water partition coefficient (Wildman–Crippen LogP) is 3.09. The number of carboxylic acids is 1. The fourth-order valence-electron chi connectivity index (χ4n) is 1.40. The summed E-state index contributed by atoms with van der Waals surface area (Å²) in [4.78, 5) is 21.2. The molecule has 2 N–H and O–H groups in total. The molecule has 0 unspecified atom stereocenters. The van der Waals surface area contributed by atoms with E-state index in [4.69, 9.17) is 14.9 Å². The quantitative estimate of drug-likeness (QED) is 0.851. The van der Waals surface area contributed by atoms with Crippen LogP contribution in [-0.2, 0) is 4.74 Å². The van der Waals surface area contributed by atoms with Gasteiger partial charge in [0.1, 0.15) is 11.6 Å². The highest BCUT2D eigenvalue weighted by atomic mass is 19.1. The number of carboxylic acid groups (broad SMARTS) is 1. The van der Waals surface area contributed by atoms with Crippen molar-refractivity contribution >= 4 is 11.9 Å². The van der Waals surface area contributed by atoms with Crippen LogP contribution in [0.15, 0.2) is 48.5 Å². The van der Waals surface area contributed by atoms with E-state index in [0.717, 1.165) is 0 Å². The van der Waals surface area contributed by atoms with Gasteiger partial charge in [-0.3, -0.25) is 0 Å². The van der Waals surface area contributed by atoms with Crippen LogP contribution in [0.4, 0.5) is 4.39 Å². The molecule has 0 saturated carbocycles. The Kier molecular flexibility index (Phi) is 6.56. The molecule has 0 atom stereocenters. The van der Waals surface area contributed by atoms with Crippen LogP contribution in [0.1, 0.15) is 27.6 Å². The van der Waals surface area contributed by atoms with E-state index in [1.54, 1.807) is 6.92 Å². The van der Waals surface area contributed by atoms with Crippen LogP contribution in [0, 0.1) is 5.82 Å². The van der Waals surface area contributed by atoms with Gasteiger partial charge in [-0.1, -0.05) is 0 Å². The minimum atomic E-state index is -0.986. The molecule has 2 aromatic rings. The fourth-order valence-corrected chi connectivity index (χ4v) is 1.40. The van der Waals surface area contributed by atoms with Crippen molar-refractivity contribution in [1.29, 1.82) is 0 Å². The number of hydrogen-bond acceptors (Lipinski definition) is 4. The van der Waals surface area contributed by atoms with Crippen molar-refractivity contribution in [2.75, 3.05) is 6.61 Å². The second-order valence-corrected chi connectivity index (χ2v) is 4.08. The minimum absolute atomic E-state index is 0.0741. The first-order chi connectivity index (χ1) is 10.4. The summed E-state index contributed by atoms with van der Waals surface area (Å²) < 4.78 is 17.1. The molecule has 0 amide bonds. The van der Waals surface area contributed by atoms with Gasteiger partial charge in [0.05, 0.1) is 17.7 Å². The lowest BCUT2D eigenvalue weighted by molar-refractivity contribution is 0.0525. The number of rotatable bonds is 3. The van der Waals surface area contributed by atoms with Gasteiger partial charge < -0.3 is 14.9 Å². The van der Waals surface area contributed by atoms with E-state index in [1.165, 1.54) is 48.5 Å². The molecular formula is C16H15FO5. The SMILES string of the molecule is CCOC(=O)c1ccc(F)cc1.O=C(O)c1ccc(O)cc1. The molecule has 5 nitrogen and oxygen atoms in total. The number of esters is 1. The molecule has 0 spiro atoms. The summed E-state index contributed by atoms with van der Waals surface area (Å²) in [6.07, 6.45) is 0. The normalized spacial score (nSPS) is 9.36. The van der Waals surface area contributed by atoms with Gasteiger partial charge >= 0.3 is 11.9 Å². The third-order valence-corrected chi connectivity index (χ3v) is 2.47. The average molecular weight is 306 g/mol. The standard InChI is InChI=1S/C9H9FO2.C7H6O3/c1-2-12-9(11)7-3-5-8(10)6-4-7;8-6-3-1-5(2-4-6)7(9)10/h3-6H,2H2,1H3;1-4,8H,(H,9,10). The van der Waals surface area contributed by atoms with Crippen molar-refractivity contribution in [2.45, 2.75) is 6.92 Å². The van der Waals surface area contributed by atoms with Gasteiger partial charge in [0.25, 0.3) is 0 Å². The van der Waals surface area contributed by atoms with Gasteiger partial charge in [-0.15, -0.1) is 0 Å². The smallest absolute Gasteiger partial charge is 0.338 e. The maximum Gasteiger partial charge on any atom is 0.338 e. The number of carbonyl (C=O) groups is 2. The van der Waals surface area contributed by atoms with Gasteiger partial charge in [0.15, 0.2) is 0 Å². The number of aromatic hydroxyl groups is 1. The van der Waals surface area contributed by atoms with Crippen molar-refractivity contribution in [3.05, 3.63) is 65.5 Å². The van der Waals surface area contributed by atoms with Crippen LogP contribution in [0.3, 0.4) is 0 Å². The van der Waals surface area contributed by atoms with E-state index in [0.29, 0.717) is 12.2 Å². The van der Waals surface area contributed by atoms with Gasteiger partial charge in [0, 0.05) is 0 Å². The molecule has 0 aliphatic carbocycles. The maximum atomic E-state index is 12.4. The Morgan fingerprint density at radius 1 is 1.00 bits per heavy atom. The number of halogens is 1. The number of carbonyl (C=O) groups excluding carboxylic acids is 1. The Bertz CT molecular complexity index is 620. The highest BCUT2D eigenvalue weighted by Crippen LogP contribution is 2.08. The molecular weight excluding hydrogens is 291 g/mol. The molecule has 22 heavy (non-hydrogen) atoms. The fraction of sp³-hybridized carbons (Fsp3) is 0.125. The Balaban J connectivity index is 0.000000224. The van der Waals surface area contributed by atoms with Crippen molar-refractivity contribution < 1.29 is 28.9 Å². The molecule has 0 aromatic heterocycles. The lowest BCUT2D eigenvalue weighted by Crippen LogP contribution is -2.03. The van der Waals surface area contributed by atoms with E-state index in [-0.39, 0.29) is 17.1 Å². The van der Waals surface area contributed by atoms with Gasteiger partial charge in [0.2, 0.25) is 0 Å². The topological polar surface area (TPSA) is 83.8 Å². The van der Waals surface area contributed by atoms with Crippen LogP contribution in [-0.4, -0.2) is 28.8 Å². The van der Waals surface area contributed by atoms with Crippen molar-refractivity contribution in [3.63, 3.8) is 0 Å². The predicted molar refractivity (Wildman–Crippen MR) is 77.4 cm³/mol. The highest BCUT2D eigenvalue weighted by molar-refractivity contribution is 5.89. The second-order valence-electron chi connectivity index (χ2n) is 4.08. The van der Waals surface area contributed by atoms with Crippen molar-refractivity contribution in [1.82, 2.24) is 0 Å². The lowest BCUT2D eigenvalue weighted by atomic mass is 10.2. The second kappa shape index (κ2) is 8.41. The maximum absolute atomic E-state index is 12.4. The zero-order valence-electron chi connectivity index (χ0n) is 11.8. The van der Waals surface area contributed by atoms with E-state index in [9.17, 15) is 14.0 Å². The van der Waals surface area contributed by atoms with Crippen LogP contribution >= 0.6 is 0 Å². The number of ether oxygens (including phenoxy) is 1. The van der Waals surface area contributed by atoms with Gasteiger partial charge in [-0.2, -0.15) is 0 Å². The molecule has 0 aliphatic heterocycles. The molecule has 116 valence electrons. The van der Waals surface area contributed by atoms with Gasteiger partial charge in [-0.05, 0) is 55.5 Å². The van der Waals surface area contributed by atoms with Crippen LogP contribution < -0.4 is 0 Å². The zero-order chi connectivity index (χ0) is 16.5. The minimum Gasteiger partial charge on any atom is -0.508 e. The number of phenols is 1. The zero-order valence-corrected chi connectivity index (χ0v) is 11.8. The van der Waals surface area contributed by atoms with E-state index in [1.807, 2.05) is 0 Å². The number of aromatic carboxylic acids is 1. The molecule has 2 aromatic carbocycles. The average Bonchev–Trinajstić information content (AvgIpc) is 2.49. The largest absolute Gasteiger partial charge is 0.508 e. The summed E-state index contributed by atoms with van der Waals surface area (Å²) >= 11 is 0. The molecule has 0 saturated heterocycles. The molecule has 6 heteroatoms. The summed E-state index contributed by atoms with van der Waals surface area (Å²) in [6, 6.07) is 10.6. The molecule has 0 heterocycles. The Labute approximate surface area is 126 Å². The third kappa shape index (κ3) is 5.62. The summed E-state index contributed by atoms with van der Waals surface area (Å²) in [5, 5.41) is 17.1. The Morgan fingerprint density at radius 3 is 1.95 bits per heavy atom. The Hall–Kier alpha value is -2.89. The molecule has 2 rings (SSSR count). The highest BCUT2D eigenvalue weighted by Gasteiger charge is 2.04. The first-order valence-corrected chi connectivity index (χ1v) is 6.39. The van der Waals surface area contributed by atoms with E-state index < -0.39 is 11.9 Å². The van der Waals surface area contributed by atoms with E-state index >= 15 is 0 Å². The van der Waals surface area contributed by atoms with Crippen LogP contribution in [0.25, 0.3) is 0 Å². The first-order valence-electron chi connectivity index (χ1n) is 6.39. The number of benzene rings is 2. The number of phenolic OH excluding ortho intramolecular Hbond substituents is 1. The van der Waals surface area contributed by atoms with E-state index in [2.05, 4.69) is 0 Å². The molecule has 0 radical (unpaired) electrons. The first kappa shape index (κ1) is 17.2. The van der Waals surface area contributed by atoms with Gasteiger partial charge in [-0.25, -0.2) is 14.0 Å². The Morgan fingerprint density at radius 2 is 1.50 bits per heavy atom. The lowest BCUT2D eigenvalue weighted by Gasteiger charge is -1.99. The van der Waals surface area contributed by atoms with Crippen molar-refractivity contribution in [2.24, 2.45) is 0 Å². The summed E-state index contributed by atoms with van der Waals surface area (Å²) in [5.41, 5.74) is 0.552. The van der Waals surface area contributed by atoms with Crippen LogP contribution in [0.2, 0.25) is 0 Å². The molecule has 0 bridgehead atoms.